The number of benzene rings is 1. The molecular formula is C16H14O3S. The van der Waals surface area contributed by atoms with E-state index in [1.54, 1.807) is 38.1 Å². The molecule has 1 heterocycles. The normalized spacial score (nSPS) is 21.6. The van der Waals surface area contributed by atoms with Gasteiger partial charge in [-0.2, -0.15) is 0 Å². The van der Waals surface area contributed by atoms with Crippen molar-refractivity contribution < 1.29 is 14.7 Å². The molecule has 1 aliphatic heterocycles. The van der Waals surface area contributed by atoms with Crippen molar-refractivity contribution in [3.63, 3.8) is 0 Å². The monoisotopic (exact) mass is 286 g/mol. The first-order valence-electron chi connectivity index (χ1n) is 6.11. The number of carbonyl (C=O) groups is 2. The van der Waals surface area contributed by atoms with Crippen molar-refractivity contribution in [3.8, 4) is 11.8 Å². The molecule has 3 nitrogen and oxygen atoms in total. The first-order valence-corrected chi connectivity index (χ1v) is 6.93. The Morgan fingerprint density at radius 3 is 2.35 bits per heavy atom. The van der Waals surface area contributed by atoms with Crippen LogP contribution in [0.2, 0.25) is 0 Å². The number of ketones is 1. The highest BCUT2D eigenvalue weighted by Crippen LogP contribution is 2.41. The van der Waals surface area contributed by atoms with E-state index < -0.39 is 4.75 Å². The third kappa shape index (κ3) is 2.63. The van der Waals surface area contributed by atoms with Crippen LogP contribution in [0.1, 0.15) is 36.7 Å². The molecule has 0 spiro atoms. The van der Waals surface area contributed by atoms with E-state index in [0.29, 0.717) is 11.1 Å². The summed E-state index contributed by atoms with van der Waals surface area (Å²) in [6.45, 7) is 4.83. The second-order valence-electron chi connectivity index (χ2n) is 4.78. The van der Waals surface area contributed by atoms with Gasteiger partial charge in [-0.15, -0.1) is 0 Å². The summed E-state index contributed by atoms with van der Waals surface area (Å²) < 4.78 is -0.888. The fourth-order valence-corrected chi connectivity index (χ4v) is 2.80. The van der Waals surface area contributed by atoms with E-state index in [4.69, 9.17) is 0 Å². The number of Topliss-reactive ketones (excluding diaryl/α,β-unsaturated/α-hetero) is 1. The van der Waals surface area contributed by atoms with E-state index in [0.717, 1.165) is 17.3 Å². The van der Waals surface area contributed by atoms with Gasteiger partial charge in [-0.1, -0.05) is 35.7 Å². The number of rotatable bonds is 1. The third-order valence-electron chi connectivity index (χ3n) is 3.15. The minimum Gasteiger partial charge on any atom is -0.509 e. The molecule has 0 radical (unpaired) electrons. The van der Waals surface area contributed by atoms with Crippen LogP contribution in [-0.2, 0) is 4.79 Å². The van der Waals surface area contributed by atoms with Crippen LogP contribution in [0.4, 0.5) is 0 Å². The van der Waals surface area contributed by atoms with Crippen LogP contribution < -0.4 is 0 Å². The maximum atomic E-state index is 11.6. The molecule has 1 aliphatic rings. The highest BCUT2D eigenvalue weighted by atomic mass is 32.2. The maximum Gasteiger partial charge on any atom is 0.220 e. The van der Waals surface area contributed by atoms with Crippen LogP contribution in [0.5, 0.6) is 0 Å². The first kappa shape index (κ1) is 14.4. The van der Waals surface area contributed by atoms with Crippen molar-refractivity contribution in [3.05, 3.63) is 46.7 Å². The average Bonchev–Trinajstić information content (AvgIpc) is 2.61. The van der Waals surface area contributed by atoms with E-state index in [1.807, 2.05) is 0 Å². The van der Waals surface area contributed by atoms with Crippen molar-refractivity contribution in [1.29, 1.82) is 0 Å². The summed E-state index contributed by atoms with van der Waals surface area (Å²) in [5, 5.41) is 9.83. The minimum absolute atomic E-state index is 0.00428. The summed E-state index contributed by atoms with van der Waals surface area (Å²) in [6.07, 6.45) is 0. The van der Waals surface area contributed by atoms with Gasteiger partial charge in [-0.3, -0.25) is 9.59 Å². The van der Waals surface area contributed by atoms with Crippen molar-refractivity contribution in [1.82, 2.24) is 0 Å². The standard InChI is InChI=1S/C16H14O3S/c1-10-14(18)16(3,20-15(10)19)9-8-12-4-6-13(7-5-12)11(2)17/h4-7,18H,1-3H3. The summed E-state index contributed by atoms with van der Waals surface area (Å²) >= 11 is 1.02. The molecule has 0 bridgehead atoms. The van der Waals surface area contributed by atoms with Crippen molar-refractivity contribution in [2.45, 2.75) is 25.5 Å². The molecule has 0 saturated carbocycles. The van der Waals surface area contributed by atoms with E-state index in [2.05, 4.69) is 11.8 Å². The highest BCUT2D eigenvalue weighted by Gasteiger charge is 2.40. The van der Waals surface area contributed by atoms with E-state index in [1.165, 1.54) is 6.92 Å². The maximum absolute atomic E-state index is 11.6. The SMILES string of the molecule is CC(=O)c1ccc(C#CC2(C)SC(=O)C(C)=C2O)cc1. The number of aliphatic hydroxyl groups is 1. The smallest absolute Gasteiger partial charge is 0.220 e. The number of thioether (sulfide) groups is 1. The lowest BCUT2D eigenvalue weighted by molar-refractivity contribution is -0.107. The molecule has 2 rings (SSSR count). The number of hydrogen-bond donors (Lipinski definition) is 1. The van der Waals surface area contributed by atoms with E-state index >= 15 is 0 Å². The summed E-state index contributed by atoms with van der Waals surface area (Å²) in [5.74, 6) is 5.90. The molecule has 0 saturated heterocycles. The van der Waals surface area contributed by atoms with Crippen molar-refractivity contribution in [2.24, 2.45) is 0 Å². The Hall–Kier alpha value is -1.99. The van der Waals surface area contributed by atoms with Crippen LogP contribution in [0.3, 0.4) is 0 Å². The van der Waals surface area contributed by atoms with Gasteiger partial charge >= 0.3 is 0 Å². The Labute approximate surface area is 122 Å². The van der Waals surface area contributed by atoms with Crippen molar-refractivity contribution >= 4 is 22.7 Å². The average molecular weight is 286 g/mol. The predicted octanol–water partition coefficient (Wildman–Crippen LogP) is 3.10. The Morgan fingerprint density at radius 1 is 1.30 bits per heavy atom. The Morgan fingerprint density at radius 2 is 1.90 bits per heavy atom. The molecule has 1 atom stereocenters. The van der Waals surface area contributed by atoms with Crippen molar-refractivity contribution in [2.75, 3.05) is 0 Å². The topological polar surface area (TPSA) is 54.4 Å². The lowest BCUT2D eigenvalue weighted by Crippen LogP contribution is -2.17. The van der Waals surface area contributed by atoms with E-state index in [-0.39, 0.29) is 16.7 Å². The molecule has 0 fully saturated rings. The van der Waals surface area contributed by atoms with Crippen LogP contribution in [0.25, 0.3) is 0 Å². The quantitative estimate of drug-likeness (QED) is 0.636. The van der Waals surface area contributed by atoms with E-state index in [9.17, 15) is 14.7 Å². The lowest BCUT2D eigenvalue weighted by atomic mass is 10.0. The van der Waals surface area contributed by atoms with Gasteiger partial charge in [0.1, 0.15) is 10.5 Å². The van der Waals surface area contributed by atoms with Gasteiger partial charge in [0.15, 0.2) is 5.78 Å². The van der Waals surface area contributed by atoms with Gasteiger partial charge in [0, 0.05) is 16.7 Å². The zero-order valence-corrected chi connectivity index (χ0v) is 12.3. The molecule has 20 heavy (non-hydrogen) atoms. The summed E-state index contributed by atoms with van der Waals surface area (Å²) in [4.78, 5) is 22.7. The molecule has 0 amide bonds. The highest BCUT2D eigenvalue weighted by molar-refractivity contribution is 8.16. The van der Waals surface area contributed by atoms with Crippen LogP contribution in [0.15, 0.2) is 35.6 Å². The lowest BCUT2D eigenvalue weighted by Gasteiger charge is -2.14. The molecular weight excluding hydrogens is 272 g/mol. The molecule has 4 heteroatoms. The van der Waals surface area contributed by atoms with Gasteiger partial charge < -0.3 is 5.11 Å². The summed E-state index contributed by atoms with van der Waals surface area (Å²) in [6, 6.07) is 6.93. The third-order valence-corrected chi connectivity index (χ3v) is 4.34. The fourth-order valence-electron chi connectivity index (χ4n) is 1.83. The van der Waals surface area contributed by atoms with Gasteiger partial charge in [0.25, 0.3) is 0 Å². The summed E-state index contributed by atoms with van der Waals surface area (Å²) in [5.41, 5.74) is 1.73. The zero-order chi connectivity index (χ0) is 14.9. The fraction of sp³-hybridized carbons (Fsp3) is 0.250. The Bertz CT molecular complexity index is 674. The van der Waals surface area contributed by atoms with Gasteiger partial charge in [0.2, 0.25) is 5.12 Å². The summed E-state index contributed by atoms with van der Waals surface area (Å²) in [7, 11) is 0. The van der Waals surface area contributed by atoms with Gasteiger partial charge in [-0.25, -0.2) is 0 Å². The molecule has 0 aliphatic carbocycles. The number of carbonyl (C=O) groups excluding carboxylic acids is 2. The van der Waals surface area contributed by atoms with Crippen LogP contribution >= 0.6 is 11.8 Å². The predicted molar refractivity (Wildman–Crippen MR) is 79.7 cm³/mol. The number of hydrogen-bond acceptors (Lipinski definition) is 4. The molecule has 1 N–H and O–H groups in total. The second kappa shape index (κ2) is 5.18. The molecule has 102 valence electrons. The molecule has 1 unspecified atom stereocenters. The zero-order valence-electron chi connectivity index (χ0n) is 11.5. The molecule has 0 aromatic heterocycles. The second-order valence-corrected chi connectivity index (χ2v) is 6.17. The van der Waals surface area contributed by atoms with Crippen LogP contribution in [0, 0.1) is 11.8 Å². The minimum atomic E-state index is -0.888. The Balaban J connectivity index is 2.28. The largest absolute Gasteiger partial charge is 0.509 e. The molecule has 1 aromatic carbocycles. The van der Waals surface area contributed by atoms with Gasteiger partial charge in [-0.05, 0) is 32.9 Å². The van der Waals surface area contributed by atoms with Crippen LogP contribution in [-0.4, -0.2) is 20.8 Å². The Kier molecular flexibility index (Phi) is 3.74. The molecule has 1 aromatic rings. The first-order chi connectivity index (χ1) is 9.33. The number of aliphatic hydroxyl groups excluding tert-OH is 1. The van der Waals surface area contributed by atoms with Gasteiger partial charge in [0.05, 0.1) is 0 Å².